The van der Waals surface area contributed by atoms with Crippen molar-refractivity contribution in [3.8, 4) is 0 Å². The summed E-state index contributed by atoms with van der Waals surface area (Å²) in [7, 11) is -3.60. The van der Waals surface area contributed by atoms with E-state index in [1.807, 2.05) is 4.72 Å². The van der Waals surface area contributed by atoms with Crippen LogP contribution >= 0.6 is 0 Å². The minimum Gasteiger partial charge on any atom is -0.274 e. The number of carbonyl (C=O) groups excluding carboxylic acids is 1. The first-order chi connectivity index (χ1) is 6.73. The molecule has 88 valence electrons. The zero-order valence-corrected chi connectivity index (χ0v) is 10.2. The molecule has 5 nitrogen and oxygen atoms in total. The second kappa shape index (κ2) is 4.09. The van der Waals surface area contributed by atoms with Gasteiger partial charge in [-0.25, -0.2) is 4.72 Å². The molecule has 0 aromatic rings. The lowest BCUT2D eigenvalue weighted by Crippen LogP contribution is -2.47. The van der Waals surface area contributed by atoms with E-state index in [0.717, 1.165) is 12.8 Å². The molecule has 1 rings (SSSR count). The molecule has 1 fully saturated rings. The zero-order chi connectivity index (χ0) is 11.7. The number of nitrogens with one attached hydrogen (secondary N) is 1. The topological polar surface area (TPSA) is 66.5 Å². The fourth-order valence-corrected chi connectivity index (χ4v) is 2.73. The summed E-state index contributed by atoms with van der Waals surface area (Å²) in [6.45, 7) is 6.40. The Morgan fingerprint density at radius 3 is 2.13 bits per heavy atom. The fraction of sp³-hybridized carbons (Fsp3) is 0.889. The van der Waals surface area contributed by atoms with Gasteiger partial charge >= 0.3 is 10.2 Å². The maximum Gasteiger partial charge on any atom is 0.303 e. The molecule has 0 bridgehead atoms. The SMILES string of the molecule is CC(=O)NS(=O)(=O)N1CCC(C)(C)CC1. The number of nitrogens with zero attached hydrogens (tertiary/aromatic N) is 1. The average Bonchev–Trinajstić information content (AvgIpc) is 2.00. The van der Waals surface area contributed by atoms with Gasteiger partial charge in [0.05, 0.1) is 0 Å². The maximum atomic E-state index is 11.6. The lowest BCUT2D eigenvalue weighted by molar-refractivity contribution is -0.117. The summed E-state index contributed by atoms with van der Waals surface area (Å²) < 4.78 is 26.5. The molecule has 1 saturated heterocycles. The molecule has 15 heavy (non-hydrogen) atoms. The van der Waals surface area contributed by atoms with E-state index in [1.165, 1.54) is 11.2 Å². The minimum absolute atomic E-state index is 0.197. The fourth-order valence-electron chi connectivity index (χ4n) is 1.58. The van der Waals surface area contributed by atoms with Gasteiger partial charge in [0.15, 0.2) is 0 Å². The molecule has 0 aromatic heterocycles. The van der Waals surface area contributed by atoms with E-state index in [2.05, 4.69) is 13.8 Å². The second-order valence-corrected chi connectivity index (χ2v) is 6.40. The molecule has 6 heteroatoms. The number of rotatable bonds is 2. The summed E-state index contributed by atoms with van der Waals surface area (Å²) in [5.41, 5.74) is 0.197. The summed E-state index contributed by atoms with van der Waals surface area (Å²) in [6.07, 6.45) is 1.65. The van der Waals surface area contributed by atoms with Crippen molar-refractivity contribution in [2.45, 2.75) is 33.6 Å². The number of amides is 1. The molecular weight excluding hydrogens is 216 g/mol. The molecule has 0 atom stereocenters. The van der Waals surface area contributed by atoms with Crippen LogP contribution in [0, 0.1) is 5.41 Å². The predicted molar refractivity (Wildman–Crippen MR) is 57.3 cm³/mol. The van der Waals surface area contributed by atoms with E-state index in [-0.39, 0.29) is 5.41 Å². The van der Waals surface area contributed by atoms with Gasteiger partial charge in [0.25, 0.3) is 0 Å². The lowest BCUT2D eigenvalue weighted by atomic mass is 9.83. The Labute approximate surface area is 91.0 Å². The van der Waals surface area contributed by atoms with Crippen molar-refractivity contribution in [2.75, 3.05) is 13.1 Å². The molecule has 1 aliphatic heterocycles. The molecule has 0 saturated carbocycles. The van der Waals surface area contributed by atoms with E-state index < -0.39 is 16.1 Å². The van der Waals surface area contributed by atoms with Crippen LogP contribution in [0.25, 0.3) is 0 Å². The number of hydrogen-bond donors (Lipinski definition) is 1. The van der Waals surface area contributed by atoms with Gasteiger partial charge < -0.3 is 0 Å². The Bertz CT molecular complexity index is 338. The quantitative estimate of drug-likeness (QED) is 0.756. The highest BCUT2D eigenvalue weighted by molar-refractivity contribution is 7.87. The van der Waals surface area contributed by atoms with Crippen molar-refractivity contribution in [1.82, 2.24) is 9.03 Å². The Hall–Kier alpha value is -0.620. The van der Waals surface area contributed by atoms with Gasteiger partial charge in [-0.2, -0.15) is 12.7 Å². The van der Waals surface area contributed by atoms with Crippen LogP contribution < -0.4 is 4.72 Å². The molecular formula is C9H18N2O3S. The van der Waals surface area contributed by atoms with Gasteiger partial charge in [-0.3, -0.25) is 4.79 Å². The molecule has 1 amide bonds. The van der Waals surface area contributed by atoms with Crippen LogP contribution in [0.1, 0.15) is 33.6 Å². The molecule has 0 aliphatic carbocycles. The van der Waals surface area contributed by atoms with Crippen molar-refractivity contribution in [2.24, 2.45) is 5.41 Å². The first-order valence-corrected chi connectivity index (χ1v) is 6.45. The molecule has 0 aromatic carbocycles. The zero-order valence-electron chi connectivity index (χ0n) is 9.41. The third-order valence-corrected chi connectivity index (χ3v) is 4.28. The smallest absolute Gasteiger partial charge is 0.274 e. The Balaban J connectivity index is 2.64. The van der Waals surface area contributed by atoms with E-state index >= 15 is 0 Å². The van der Waals surface area contributed by atoms with Gasteiger partial charge in [-0.1, -0.05) is 13.8 Å². The highest BCUT2D eigenvalue weighted by Gasteiger charge is 2.31. The van der Waals surface area contributed by atoms with Gasteiger partial charge in [0, 0.05) is 20.0 Å². The first kappa shape index (κ1) is 12.4. The number of carbonyl (C=O) groups is 1. The molecule has 0 spiro atoms. The van der Waals surface area contributed by atoms with Gasteiger partial charge in [0.2, 0.25) is 5.91 Å². The van der Waals surface area contributed by atoms with Crippen LogP contribution in [-0.4, -0.2) is 31.7 Å². The molecule has 1 heterocycles. The van der Waals surface area contributed by atoms with Crippen LogP contribution in [-0.2, 0) is 15.0 Å². The molecule has 0 unspecified atom stereocenters. The van der Waals surface area contributed by atoms with Gasteiger partial charge in [-0.05, 0) is 18.3 Å². The van der Waals surface area contributed by atoms with Crippen LogP contribution in [0.3, 0.4) is 0 Å². The van der Waals surface area contributed by atoms with Crippen LogP contribution in [0.2, 0.25) is 0 Å². The van der Waals surface area contributed by atoms with Crippen molar-refractivity contribution >= 4 is 16.1 Å². The Morgan fingerprint density at radius 2 is 1.73 bits per heavy atom. The van der Waals surface area contributed by atoms with Crippen LogP contribution in [0.15, 0.2) is 0 Å². The van der Waals surface area contributed by atoms with Crippen molar-refractivity contribution in [3.05, 3.63) is 0 Å². The summed E-state index contributed by atoms with van der Waals surface area (Å²) in [5.74, 6) is -0.542. The molecule has 1 aliphatic rings. The molecule has 1 N–H and O–H groups in total. The summed E-state index contributed by atoms with van der Waals surface area (Å²) in [5, 5.41) is 0. The van der Waals surface area contributed by atoms with E-state index in [1.54, 1.807) is 0 Å². The van der Waals surface area contributed by atoms with E-state index in [0.29, 0.717) is 13.1 Å². The van der Waals surface area contributed by atoms with Crippen LogP contribution in [0.4, 0.5) is 0 Å². The number of piperidine rings is 1. The van der Waals surface area contributed by atoms with Crippen molar-refractivity contribution < 1.29 is 13.2 Å². The van der Waals surface area contributed by atoms with E-state index in [4.69, 9.17) is 0 Å². The third kappa shape index (κ3) is 3.46. The highest BCUT2D eigenvalue weighted by Crippen LogP contribution is 2.30. The highest BCUT2D eigenvalue weighted by atomic mass is 32.2. The maximum absolute atomic E-state index is 11.6. The largest absolute Gasteiger partial charge is 0.303 e. The Morgan fingerprint density at radius 1 is 1.27 bits per heavy atom. The summed E-state index contributed by atoms with van der Waals surface area (Å²) >= 11 is 0. The van der Waals surface area contributed by atoms with Crippen LogP contribution in [0.5, 0.6) is 0 Å². The van der Waals surface area contributed by atoms with E-state index in [9.17, 15) is 13.2 Å². The number of hydrogen-bond acceptors (Lipinski definition) is 3. The van der Waals surface area contributed by atoms with Crippen molar-refractivity contribution in [1.29, 1.82) is 0 Å². The second-order valence-electron chi connectivity index (χ2n) is 4.73. The summed E-state index contributed by atoms with van der Waals surface area (Å²) in [4.78, 5) is 10.7. The summed E-state index contributed by atoms with van der Waals surface area (Å²) in [6, 6.07) is 0. The normalized spacial score (nSPS) is 22.3. The standard InChI is InChI=1S/C9H18N2O3S/c1-8(12)10-15(13,14)11-6-4-9(2,3)5-7-11/h4-7H2,1-3H3,(H,10,12). The van der Waals surface area contributed by atoms with Crippen molar-refractivity contribution in [3.63, 3.8) is 0 Å². The lowest BCUT2D eigenvalue weighted by Gasteiger charge is -2.35. The average molecular weight is 234 g/mol. The van der Waals surface area contributed by atoms with Gasteiger partial charge in [0.1, 0.15) is 0 Å². The predicted octanol–water partition coefficient (Wildman–Crippen LogP) is 0.489. The first-order valence-electron chi connectivity index (χ1n) is 5.01. The third-order valence-electron chi connectivity index (χ3n) is 2.69. The Kier molecular flexibility index (Phi) is 3.40. The van der Waals surface area contributed by atoms with Gasteiger partial charge in [-0.15, -0.1) is 0 Å². The molecule has 0 radical (unpaired) electrons. The minimum atomic E-state index is -3.60. The monoisotopic (exact) mass is 234 g/mol.